The molecule has 4 aliphatic rings. The molecule has 6 rings (SSSR count). The van der Waals surface area contributed by atoms with E-state index in [-0.39, 0.29) is 11.7 Å². The summed E-state index contributed by atoms with van der Waals surface area (Å²) in [4.78, 5) is 27.1. The molecule has 1 fully saturated rings. The topological polar surface area (TPSA) is 171 Å². The first kappa shape index (κ1) is 31.2. The second kappa shape index (κ2) is 16.0. The van der Waals surface area contributed by atoms with E-state index < -0.39 is 4.92 Å². The third-order valence-electron chi connectivity index (χ3n) is 7.16. The molecule has 0 bridgehead atoms. The summed E-state index contributed by atoms with van der Waals surface area (Å²) in [5, 5.41) is 12.6. The van der Waals surface area contributed by atoms with Gasteiger partial charge in [-0.2, -0.15) is 0 Å². The van der Waals surface area contributed by atoms with Crippen LogP contribution in [0.25, 0.3) is 0 Å². The van der Waals surface area contributed by atoms with Gasteiger partial charge in [-0.1, -0.05) is 79.5 Å². The summed E-state index contributed by atoms with van der Waals surface area (Å²) >= 11 is 4.83. The number of non-ortho nitro benzene ring substituents is 1. The van der Waals surface area contributed by atoms with Crippen LogP contribution < -0.4 is 17.2 Å². The molecule has 4 heterocycles. The summed E-state index contributed by atoms with van der Waals surface area (Å²) in [7, 11) is 0. The zero-order valence-electron chi connectivity index (χ0n) is 23.0. The molecule has 0 radical (unpaired) electrons. The van der Waals surface area contributed by atoms with Crippen LogP contribution >= 0.6 is 35.3 Å². The minimum Gasteiger partial charge on any atom is -0.379 e. The van der Waals surface area contributed by atoms with Crippen molar-refractivity contribution in [3.05, 3.63) is 70.0 Å². The number of nitrogens with zero attached hydrogens (tertiary/aromatic N) is 5. The fourth-order valence-corrected chi connectivity index (χ4v) is 7.48. The van der Waals surface area contributed by atoms with E-state index in [1.54, 1.807) is 35.7 Å². The van der Waals surface area contributed by atoms with Crippen LogP contribution in [0, 0.1) is 16.0 Å². The summed E-state index contributed by atoms with van der Waals surface area (Å²) in [6.07, 6.45) is 13.0. The fourth-order valence-electron chi connectivity index (χ4n) is 5.10. The molecule has 0 amide bonds. The van der Waals surface area contributed by atoms with Gasteiger partial charge in [-0.25, -0.2) is 0 Å². The maximum absolute atomic E-state index is 10.6. The molecule has 0 spiro atoms. The van der Waals surface area contributed by atoms with Gasteiger partial charge >= 0.3 is 0 Å². The monoisotopic (exact) mass is 614 g/mol. The largest absolute Gasteiger partial charge is 0.379 e. The van der Waals surface area contributed by atoms with Gasteiger partial charge in [0.05, 0.1) is 23.0 Å². The van der Waals surface area contributed by atoms with Crippen LogP contribution in [0.2, 0.25) is 0 Å². The minimum absolute atomic E-state index is 0.0464. The average Bonchev–Trinajstić information content (AvgIpc) is 3.72. The third kappa shape index (κ3) is 10.5. The highest BCUT2D eigenvalue weighted by Gasteiger charge is 2.22. The number of thioether (sulfide) groups is 3. The highest BCUT2D eigenvalue weighted by Crippen LogP contribution is 2.31. The molecule has 10 nitrogen and oxygen atoms in total. The Morgan fingerprint density at radius 3 is 2.05 bits per heavy atom. The number of hydrogen-bond donors (Lipinski definition) is 3. The Morgan fingerprint density at radius 1 is 0.829 bits per heavy atom. The Bertz CT molecular complexity index is 1240. The molecule has 13 heteroatoms. The molecule has 6 N–H and O–H groups in total. The predicted molar refractivity (Wildman–Crippen MR) is 175 cm³/mol. The molecule has 3 atom stereocenters. The Hall–Kier alpha value is -2.77. The molecule has 1 aromatic heterocycles. The lowest BCUT2D eigenvalue weighted by Crippen LogP contribution is -2.15. The van der Waals surface area contributed by atoms with E-state index in [2.05, 4.69) is 20.0 Å². The van der Waals surface area contributed by atoms with E-state index in [4.69, 9.17) is 17.2 Å². The van der Waals surface area contributed by atoms with Crippen LogP contribution in [-0.2, 0) is 6.42 Å². The number of nitro groups is 1. The average molecular weight is 615 g/mol. The van der Waals surface area contributed by atoms with Crippen molar-refractivity contribution in [3.8, 4) is 0 Å². The number of hydrogen-bond acceptors (Lipinski definition) is 12. The molecule has 1 unspecified atom stereocenters. The first-order valence-electron chi connectivity index (χ1n) is 13.9. The van der Waals surface area contributed by atoms with Crippen LogP contribution in [0.3, 0.4) is 0 Å². The van der Waals surface area contributed by atoms with Gasteiger partial charge in [-0.05, 0) is 42.0 Å². The van der Waals surface area contributed by atoms with Gasteiger partial charge in [-0.3, -0.25) is 30.1 Å². The maximum Gasteiger partial charge on any atom is 0.269 e. The number of amidine groups is 3. The van der Waals surface area contributed by atoms with E-state index in [9.17, 15) is 10.1 Å². The van der Waals surface area contributed by atoms with E-state index >= 15 is 0 Å². The standard InChI is InChI=1S/C10H18N2S.C9H9N3O2S.C9H11N3S/c11-10-12-9(7-13-10)6-8-4-2-1-3-5-8;10-9-11-8(5-15-9)6-2-1-3-7(4-6)12(13)14;10-9-12-8(6-13-9)5-7-1-3-11-4-2-7/h8-9H,1-7H2,(H2,11,12);1-4,8H,5H2,(H2,10,11);1-4,8H,5-6H2,(H2,10,12)/t9-;;8-/m1.1/s1. The lowest BCUT2D eigenvalue weighted by molar-refractivity contribution is -0.384. The number of rotatable bonds is 6. The Balaban J connectivity index is 0.000000142. The number of aliphatic imine (C=N–C) groups is 3. The smallest absolute Gasteiger partial charge is 0.269 e. The van der Waals surface area contributed by atoms with E-state index in [1.807, 2.05) is 30.6 Å². The van der Waals surface area contributed by atoms with E-state index in [0.717, 1.165) is 45.5 Å². The van der Waals surface area contributed by atoms with Crippen molar-refractivity contribution in [2.75, 3.05) is 17.3 Å². The van der Waals surface area contributed by atoms with Crippen LogP contribution in [0.15, 0.2) is 63.8 Å². The highest BCUT2D eigenvalue weighted by molar-refractivity contribution is 8.14. The number of nitro benzene ring substituents is 1. The van der Waals surface area contributed by atoms with Crippen molar-refractivity contribution in [2.24, 2.45) is 38.1 Å². The van der Waals surface area contributed by atoms with Crippen molar-refractivity contribution in [3.63, 3.8) is 0 Å². The highest BCUT2D eigenvalue weighted by atomic mass is 32.2. The second-order valence-corrected chi connectivity index (χ2v) is 13.4. The molecule has 1 saturated carbocycles. The van der Waals surface area contributed by atoms with E-state index in [0.29, 0.717) is 17.3 Å². The lowest BCUT2D eigenvalue weighted by atomic mass is 9.85. The lowest BCUT2D eigenvalue weighted by Gasteiger charge is -2.22. The second-order valence-electron chi connectivity index (χ2n) is 10.3. The molecule has 1 aromatic carbocycles. The van der Waals surface area contributed by atoms with Crippen LogP contribution in [-0.4, -0.2) is 54.8 Å². The van der Waals surface area contributed by atoms with Crippen molar-refractivity contribution >= 4 is 56.5 Å². The van der Waals surface area contributed by atoms with Gasteiger partial charge in [0.15, 0.2) is 15.5 Å². The molecular weight excluding hydrogens is 577 g/mol. The zero-order valence-corrected chi connectivity index (χ0v) is 25.5. The Labute approximate surface area is 254 Å². The van der Waals surface area contributed by atoms with Crippen molar-refractivity contribution in [2.45, 2.75) is 63.1 Å². The SMILES string of the molecule is NC1=NC(c2cccc([N+](=O)[O-])c2)CS1.NC1=N[C@H](CC2CCCCC2)CS1.NC1=N[C@H](Cc2ccncc2)CS1. The first-order valence-corrected chi connectivity index (χ1v) is 16.8. The van der Waals surface area contributed by atoms with Crippen LogP contribution in [0.1, 0.15) is 55.7 Å². The quantitative estimate of drug-likeness (QED) is 0.294. The summed E-state index contributed by atoms with van der Waals surface area (Å²) in [6.45, 7) is 0. The maximum atomic E-state index is 10.6. The summed E-state index contributed by atoms with van der Waals surface area (Å²) in [6, 6.07) is 11.4. The zero-order chi connectivity index (χ0) is 29.0. The fraction of sp³-hybridized carbons (Fsp3) is 0.500. The van der Waals surface area contributed by atoms with Crippen molar-refractivity contribution in [1.82, 2.24) is 4.98 Å². The first-order chi connectivity index (χ1) is 19.9. The van der Waals surface area contributed by atoms with E-state index in [1.165, 1.54) is 61.9 Å². The van der Waals surface area contributed by atoms with Gasteiger partial charge in [0.1, 0.15) is 0 Å². The summed E-state index contributed by atoms with van der Waals surface area (Å²) < 4.78 is 0. The van der Waals surface area contributed by atoms with Crippen molar-refractivity contribution in [1.29, 1.82) is 0 Å². The number of pyridine rings is 1. The third-order valence-corrected chi connectivity index (χ3v) is 9.94. The molecule has 220 valence electrons. The minimum atomic E-state index is -0.404. The molecule has 3 aliphatic heterocycles. The van der Waals surface area contributed by atoms with Gasteiger partial charge < -0.3 is 17.2 Å². The van der Waals surface area contributed by atoms with Crippen LogP contribution in [0.5, 0.6) is 0 Å². The number of nitrogens with two attached hydrogens (primary N) is 3. The number of aromatic nitrogens is 1. The molecular formula is C28H38N8O2S3. The molecule has 41 heavy (non-hydrogen) atoms. The summed E-state index contributed by atoms with van der Waals surface area (Å²) in [5.41, 5.74) is 19.0. The van der Waals surface area contributed by atoms with Gasteiger partial charge in [-0.15, -0.1) is 0 Å². The normalized spacial score (nSPS) is 23.8. The number of benzene rings is 1. The Kier molecular flexibility index (Phi) is 12.2. The molecule has 1 aliphatic carbocycles. The van der Waals surface area contributed by atoms with Crippen molar-refractivity contribution < 1.29 is 4.92 Å². The van der Waals surface area contributed by atoms with Gasteiger partial charge in [0, 0.05) is 41.8 Å². The Morgan fingerprint density at radius 2 is 1.46 bits per heavy atom. The summed E-state index contributed by atoms with van der Waals surface area (Å²) in [5.74, 6) is 3.83. The van der Waals surface area contributed by atoms with Gasteiger partial charge in [0.25, 0.3) is 5.69 Å². The predicted octanol–water partition coefficient (Wildman–Crippen LogP) is 5.14. The van der Waals surface area contributed by atoms with Gasteiger partial charge in [0.2, 0.25) is 0 Å². The molecule has 0 saturated heterocycles. The molecule has 2 aromatic rings. The van der Waals surface area contributed by atoms with Crippen LogP contribution in [0.4, 0.5) is 5.69 Å².